The van der Waals surface area contributed by atoms with Crippen molar-refractivity contribution in [3.05, 3.63) is 94.8 Å². The first kappa shape index (κ1) is 19.4. The molecule has 0 atom stereocenters. The number of rotatable bonds is 6. The van der Waals surface area contributed by atoms with Crippen LogP contribution in [0.5, 0.6) is 11.5 Å². The molecule has 6 heteroatoms. The number of hydrogen-bond donors (Lipinski definition) is 1. The van der Waals surface area contributed by atoms with Gasteiger partial charge in [0.05, 0.1) is 23.9 Å². The van der Waals surface area contributed by atoms with Gasteiger partial charge in [0.2, 0.25) is 11.3 Å². The first-order valence-electron chi connectivity index (χ1n) is 9.68. The molecule has 0 aliphatic rings. The number of ether oxygens (including phenoxy) is 1. The molecule has 0 radical (unpaired) electrons. The molecule has 6 nitrogen and oxygen atoms in total. The lowest BCUT2D eigenvalue weighted by Crippen LogP contribution is -2.18. The Kier molecular flexibility index (Phi) is 5.57. The smallest absolute Gasteiger partial charge is 0.226 e. The molecule has 0 fully saturated rings. The fourth-order valence-corrected chi connectivity index (χ4v) is 3.15. The van der Waals surface area contributed by atoms with E-state index >= 15 is 0 Å². The minimum absolute atomic E-state index is 0.131. The van der Waals surface area contributed by atoms with Gasteiger partial charge in [0, 0.05) is 11.8 Å². The van der Waals surface area contributed by atoms with Crippen molar-refractivity contribution in [3.8, 4) is 11.5 Å². The second-order valence-electron chi connectivity index (χ2n) is 6.96. The molecule has 0 aliphatic heterocycles. The summed E-state index contributed by atoms with van der Waals surface area (Å²) in [6, 6.07) is 22.3. The Bertz CT molecular complexity index is 1250. The number of fused-ring (bicyclic) bond motifs is 1. The topological polar surface area (TPSA) is 73.2 Å². The molecule has 0 spiro atoms. The Morgan fingerprint density at radius 1 is 1.00 bits per heavy atom. The molecule has 1 N–H and O–H groups in total. The summed E-state index contributed by atoms with van der Waals surface area (Å²) in [6.45, 7) is 2.37. The number of nitrogens with zero attached hydrogens (tertiary/aromatic N) is 2. The molecule has 1 heterocycles. The number of nitrogens with one attached hydrogen (secondary N) is 1. The summed E-state index contributed by atoms with van der Waals surface area (Å²) in [5, 5.41) is 7.66. The van der Waals surface area contributed by atoms with Gasteiger partial charge in [0.25, 0.3) is 0 Å². The second kappa shape index (κ2) is 8.61. The number of benzene rings is 3. The van der Waals surface area contributed by atoms with Crippen LogP contribution in [0, 0.1) is 6.92 Å². The maximum absolute atomic E-state index is 12.6. The lowest BCUT2D eigenvalue weighted by Gasteiger charge is -2.13. The Morgan fingerprint density at radius 3 is 2.57 bits per heavy atom. The molecule has 0 saturated heterocycles. The summed E-state index contributed by atoms with van der Waals surface area (Å²) in [5.41, 5.74) is 2.32. The molecule has 3 aromatic carbocycles. The van der Waals surface area contributed by atoms with E-state index in [0.29, 0.717) is 34.6 Å². The monoisotopic (exact) mass is 399 g/mol. The van der Waals surface area contributed by atoms with Gasteiger partial charge in [-0.2, -0.15) is 5.10 Å². The largest absolute Gasteiger partial charge is 0.455 e. The quantitative estimate of drug-likeness (QED) is 0.517. The first-order chi connectivity index (χ1) is 14.6. The van der Waals surface area contributed by atoms with Crippen molar-refractivity contribution in [3.63, 3.8) is 0 Å². The summed E-state index contributed by atoms with van der Waals surface area (Å²) >= 11 is 0. The van der Waals surface area contributed by atoms with Crippen molar-refractivity contribution >= 4 is 22.5 Å². The minimum atomic E-state index is -0.167. The standard InChI is InChI=1S/C24H21N3O3/c1-17-10-12-18(13-11-17)30-23-9-5-3-7-20(23)26-24(29)14-15-27-21-8-4-2-6-19(21)22(28)16-25-27/h2-13,16H,14-15H2,1H3,(H,26,29). The summed E-state index contributed by atoms with van der Waals surface area (Å²) in [6.07, 6.45) is 1.49. The molecule has 1 amide bonds. The van der Waals surface area contributed by atoms with Crippen molar-refractivity contribution in [2.24, 2.45) is 0 Å². The molecular formula is C24H21N3O3. The van der Waals surface area contributed by atoms with Gasteiger partial charge in [-0.1, -0.05) is 42.0 Å². The maximum atomic E-state index is 12.6. The van der Waals surface area contributed by atoms with E-state index < -0.39 is 0 Å². The number of carbonyl (C=O) groups is 1. The number of anilines is 1. The molecule has 4 rings (SSSR count). The highest BCUT2D eigenvalue weighted by Crippen LogP contribution is 2.29. The van der Waals surface area contributed by atoms with Crippen LogP contribution in [0.15, 0.2) is 83.8 Å². The summed E-state index contributed by atoms with van der Waals surface area (Å²) in [4.78, 5) is 24.5. The van der Waals surface area contributed by atoms with Crippen LogP contribution in [0.1, 0.15) is 12.0 Å². The fraction of sp³-hybridized carbons (Fsp3) is 0.125. The molecule has 0 bridgehead atoms. The van der Waals surface area contributed by atoms with Crippen LogP contribution in [0.4, 0.5) is 5.69 Å². The Hall–Kier alpha value is -3.93. The van der Waals surface area contributed by atoms with Gasteiger partial charge in [-0.3, -0.25) is 14.3 Å². The SMILES string of the molecule is Cc1ccc(Oc2ccccc2NC(=O)CCn2ncc(=O)c3ccccc32)cc1. The summed E-state index contributed by atoms with van der Waals surface area (Å²) < 4.78 is 7.60. The van der Waals surface area contributed by atoms with Crippen LogP contribution in [-0.2, 0) is 11.3 Å². The van der Waals surface area contributed by atoms with Gasteiger partial charge in [0.15, 0.2) is 5.75 Å². The Balaban J connectivity index is 1.46. The molecule has 30 heavy (non-hydrogen) atoms. The molecule has 150 valence electrons. The van der Waals surface area contributed by atoms with Crippen LogP contribution in [0.3, 0.4) is 0 Å². The minimum Gasteiger partial charge on any atom is -0.455 e. The number of para-hydroxylation sites is 3. The van der Waals surface area contributed by atoms with E-state index in [1.807, 2.05) is 67.6 Å². The van der Waals surface area contributed by atoms with Crippen LogP contribution in [0.2, 0.25) is 0 Å². The Labute approximate surface area is 173 Å². The van der Waals surface area contributed by atoms with E-state index in [4.69, 9.17) is 4.74 Å². The Morgan fingerprint density at radius 2 is 1.73 bits per heavy atom. The number of hydrogen-bond acceptors (Lipinski definition) is 4. The van der Waals surface area contributed by atoms with Crippen LogP contribution in [0.25, 0.3) is 10.9 Å². The summed E-state index contributed by atoms with van der Waals surface area (Å²) in [5.74, 6) is 1.10. The second-order valence-corrected chi connectivity index (χ2v) is 6.96. The van der Waals surface area contributed by atoms with Crippen LogP contribution in [-0.4, -0.2) is 15.7 Å². The molecular weight excluding hydrogens is 378 g/mol. The van der Waals surface area contributed by atoms with Gasteiger partial charge >= 0.3 is 0 Å². The number of aryl methyl sites for hydroxylation is 2. The average Bonchev–Trinajstić information content (AvgIpc) is 2.76. The third kappa shape index (κ3) is 4.38. The van der Waals surface area contributed by atoms with E-state index in [2.05, 4.69) is 10.4 Å². The molecule has 1 aromatic heterocycles. The van der Waals surface area contributed by atoms with Crippen LogP contribution >= 0.6 is 0 Å². The van der Waals surface area contributed by atoms with Crippen molar-refractivity contribution in [1.82, 2.24) is 9.78 Å². The van der Waals surface area contributed by atoms with Gasteiger partial charge < -0.3 is 10.1 Å². The van der Waals surface area contributed by atoms with E-state index in [0.717, 1.165) is 5.56 Å². The van der Waals surface area contributed by atoms with E-state index in [9.17, 15) is 9.59 Å². The zero-order valence-electron chi connectivity index (χ0n) is 16.5. The molecule has 0 aliphatic carbocycles. The van der Waals surface area contributed by atoms with E-state index in [1.54, 1.807) is 16.8 Å². The van der Waals surface area contributed by atoms with Crippen molar-refractivity contribution in [2.75, 3.05) is 5.32 Å². The van der Waals surface area contributed by atoms with E-state index in [1.165, 1.54) is 6.20 Å². The highest BCUT2D eigenvalue weighted by molar-refractivity contribution is 5.92. The average molecular weight is 399 g/mol. The van der Waals surface area contributed by atoms with Crippen molar-refractivity contribution < 1.29 is 9.53 Å². The molecule has 0 unspecified atom stereocenters. The highest BCUT2D eigenvalue weighted by atomic mass is 16.5. The third-order valence-corrected chi connectivity index (χ3v) is 4.72. The fourth-order valence-electron chi connectivity index (χ4n) is 3.15. The van der Waals surface area contributed by atoms with Gasteiger partial charge in [-0.15, -0.1) is 0 Å². The third-order valence-electron chi connectivity index (χ3n) is 4.72. The predicted molar refractivity (Wildman–Crippen MR) is 117 cm³/mol. The predicted octanol–water partition coefficient (Wildman–Crippen LogP) is 4.53. The van der Waals surface area contributed by atoms with Gasteiger partial charge in [-0.05, 0) is 43.3 Å². The van der Waals surface area contributed by atoms with Crippen molar-refractivity contribution in [1.29, 1.82) is 0 Å². The molecule has 4 aromatic rings. The summed E-state index contributed by atoms with van der Waals surface area (Å²) in [7, 11) is 0. The van der Waals surface area contributed by atoms with Crippen molar-refractivity contribution in [2.45, 2.75) is 19.9 Å². The normalized spacial score (nSPS) is 10.7. The maximum Gasteiger partial charge on any atom is 0.226 e. The van der Waals surface area contributed by atoms with Gasteiger partial charge in [0.1, 0.15) is 5.75 Å². The zero-order valence-corrected chi connectivity index (χ0v) is 16.5. The highest BCUT2D eigenvalue weighted by Gasteiger charge is 2.10. The number of aromatic nitrogens is 2. The lowest BCUT2D eigenvalue weighted by molar-refractivity contribution is -0.116. The number of carbonyl (C=O) groups excluding carboxylic acids is 1. The van der Waals surface area contributed by atoms with Crippen LogP contribution < -0.4 is 15.5 Å². The number of amides is 1. The lowest BCUT2D eigenvalue weighted by atomic mass is 10.2. The van der Waals surface area contributed by atoms with Gasteiger partial charge in [-0.25, -0.2) is 0 Å². The molecule has 0 saturated carbocycles. The van der Waals surface area contributed by atoms with E-state index in [-0.39, 0.29) is 17.8 Å². The first-order valence-corrected chi connectivity index (χ1v) is 9.68. The zero-order chi connectivity index (χ0) is 20.9.